The lowest BCUT2D eigenvalue weighted by Gasteiger charge is -2.26. The predicted molar refractivity (Wildman–Crippen MR) is 88.4 cm³/mol. The lowest BCUT2D eigenvalue weighted by atomic mass is 9.96. The second-order valence-corrected chi connectivity index (χ2v) is 6.86. The minimum atomic E-state index is -4.35. The number of hydrogen-bond acceptors (Lipinski definition) is 4. The summed E-state index contributed by atoms with van der Waals surface area (Å²) in [4.78, 5) is 21.1. The molecule has 0 atom stereocenters. The van der Waals surface area contributed by atoms with E-state index in [1.54, 1.807) is 0 Å². The van der Waals surface area contributed by atoms with E-state index in [-0.39, 0.29) is 11.8 Å². The van der Waals surface area contributed by atoms with Crippen molar-refractivity contribution in [3.63, 3.8) is 0 Å². The summed E-state index contributed by atoms with van der Waals surface area (Å²) in [6, 6.07) is 2.50. The van der Waals surface area contributed by atoms with Crippen LogP contribution in [0, 0.1) is 12.8 Å². The van der Waals surface area contributed by atoms with Crippen molar-refractivity contribution in [1.82, 2.24) is 4.98 Å². The number of amides is 1. The molecule has 1 aliphatic rings. The van der Waals surface area contributed by atoms with Gasteiger partial charge in [-0.1, -0.05) is 0 Å². The van der Waals surface area contributed by atoms with E-state index in [0.29, 0.717) is 36.9 Å². The molecule has 0 unspecified atom stereocenters. The number of alkyl halides is 3. The number of aryl methyl sites for hydroxylation is 1. The summed E-state index contributed by atoms with van der Waals surface area (Å²) in [6.07, 6.45) is -2.09. The predicted octanol–water partition coefficient (Wildman–Crippen LogP) is 3.14. The number of thiazole rings is 1. The number of aromatic amines is 1. The van der Waals surface area contributed by atoms with Crippen LogP contribution in [0.4, 0.5) is 24.1 Å². The molecule has 1 aliphatic heterocycles. The van der Waals surface area contributed by atoms with Crippen LogP contribution in [0.1, 0.15) is 24.1 Å². The highest BCUT2D eigenvalue weighted by atomic mass is 32.1. The Morgan fingerprint density at radius 1 is 1.36 bits per heavy atom. The number of carbonyl (C=O) groups is 1. The normalized spacial score (nSPS) is 16.1. The highest BCUT2D eigenvalue weighted by molar-refractivity contribution is 7.13. The van der Waals surface area contributed by atoms with Gasteiger partial charge in [0.25, 0.3) is 5.82 Å². The SMILES string of the molecule is Cc1csc(NC(=O)C2CCN(c3ccc(C(F)(F)F)c[nH+]3)CC2)n1. The molecule has 0 spiro atoms. The zero-order valence-electron chi connectivity index (χ0n) is 13.6. The highest BCUT2D eigenvalue weighted by Crippen LogP contribution is 2.29. The minimum absolute atomic E-state index is 0.0506. The molecule has 2 aromatic heterocycles. The number of nitrogens with zero attached hydrogens (tertiary/aromatic N) is 2. The van der Waals surface area contributed by atoms with Gasteiger partial charge in [-0.3, -0.25) is 9.69 Å². The fourth-order valence-electron chi connectivity index (χ4n) is 2.79. The summed E-state index contributed by atoms with van der Waals surface area (Å²) in [6.45, 7) is 3.08. The van der Waals surface area contributed by atoms with Gasteiger partial charge < -0.3 is 5.32 Å². The maximum absolute atomic E-state index is 12.6. The summed E-state index contributed by atoms with van der Waals surface area (Å²) in [5, 5.41) is 5.30. The largest absolute Gasteiger partial charge is 0.419 e. The topological polar surface area (TPSA) is 59.4 Å². The molecule has 134 valence electrons. The molecule has 3 heterocycles. The van der Waals surface area contributed by atoms with Crippen LogP contribution in [0.15, 0.2) is 23.7 Å². The first kappa shape index (κ1) is 17.7. The van der Waals surface area contributed by atoms with Crippen LogP contribution in [0.3, 0.4) is 0 Å². The van der Waals surface area contributed by atoms with Gasteiger partial charge in [-0.05, 0) is 25.8 Å². The molecule has 0 bridgehead atoms. The Hall–Kier alpha value is -2.16. The molecule has 1 fully saturated rings. The molecular formula is C16H18F3N4OS+. The quantitative estimate of drug-likeness (QED) is 0.902. The minimum Gasteiger partial charge on any atom is -0.302 e. The number of H-pyrrole nitrogens is 1. The van der Waals surface area contributed by atoms with Crippen molar-refractivity contribution in [2.75, 3.05) is 23.3 Å². The van der Waals surface area contributed by atoms with Gasteiger partial charge in [0.05, 0.1) is 24.3 Å². The first-order chi connectivity index (χ1) is 11.8. The fourth-order valence-corrected chi connectivity index (χ4v) is 3.48. The molecule has 0 saturated carbocycles. The molecule has 3 rings (SSSR count). The van der Waals surface area contributed by atoms with Gasteiger partial charge >= 0.3 is 6.18 Å². The Bertz CT molecular complexity index is 737. The van der Waals surface area contributed by atoms with E-state index >= 15 is 0 Å². The third kappa shape index (κ3) is 4.28. The molecule has 5 nitrogen and oxygen atoms in total. The number of rotatable bonds is 3. The van der Waals surface area contributed by atoms with Crippen molar-refractivity contribution in [1.29, 1.82) is 0 Å². The maximum Gasteiger partial charge on any atom is 0.419 e. The van der Waals surface area contributed by atoms with Crippen LogP contribution in [0.5, 0.6) is 0 Å². The van der Waals surface area contributed by atoms with E-state index < -0.39 is 11.7 Å². The third-order valence-electron chi connectivity index (χ3n) is 4.18. The van der Waals surface area contributed by atoms with Crippen LogP contribution in [0.25, 0.3) is 0 Å². The molecule has 0 radical (unpaired) electrons. The molecule has 25 heavy (non-hydrogen) atoms. The van der Waals surface area contributed by atoms with Gasteiger partial charge in [-0.15, -0.1) is 11.3 Å². The van der Waals surface area contributed by atoms with E-state index in [9.17, 15) is 18.0 Å². The number of nitrogens with one attached hydrogen (secondary N) is 2. The van der Waals surface area contributed by atoms with Crippen molar-refractivity contribution >= 4 is 28.2 Å². The zero-order chi connectivity index (χ0) is 18.0. The van der Waals surface area contributed by atoms with E-state index in [1.165, 1.54) is 17.4 Å². The molecule has 1 amide bonds. The van der Waals surface area contributed by atoms with Crippen LogP contribution >= 0.6 is 11.3 Å². The molecule has 0 aromatic carbocycles. The van der Waals surface area contributed by atoms with Crippen LogP contribution in [0.2, 0.25) is 0 Å². The van der Waals surface area contributed by atoms with Gasteiger partial charge in [0.2, 0.25) is 5.91 Å². The van der Waals surface area contributed by atoms with E-state index in [1.807, 2.05) is 17.2 Å². The molecular weight excluding hydrogens is 353 g/mol. The van der Waals surface area contributed by atoms with Crippen molar-refractivity contribution in [2.45, 2.75) is 25.9 Å². The van der Waals surface area contributed by atoms with Gasteiger partial charge in [0, 0.05) is 17.4 Å². The second kappa shape index (κ2) is 6.99. The highest BCUT2D eigenvalue weighted by Gasteiger charge is 2.33. The van der Waals surface area contributed by atoms with Crippen molar-refractivity contribution in [2.24, 2.45) is 5.92 Å². The number of hydrogen-bond donors (Lipinski definition) is 1. The van der Waals surface area contributed by atoms with Gasteiger partial charge in [0.1, 0.15) is 6.20 Å². The van der Waals surface area contributed by atoms with Crippen LogP contribution in [-0.4, -0.2) is 24.0 Å². The molecule has 1 saturated heterocycles. The van der Waals surface area contributed by atoms with E-state index in [4.69, 9.17) is 0 Å². The number of aromatic nitrogens is 2. The first-order valence-corrected chi connectivity index (χ1v) is 8.78. The Morgan fingerprint density at radius 3 is 2.60 bits per heavy atom. The van der Waals surface area contributed by atoms with E-state index in [2.05, 4.69) is 15.3 Å². The van der Waals surface area contributed by atoms with Crippen molar-refractivity contribution < 1.29 is 22.9 Å². The summed E-state index contributed by atoms with van der Waals surface area (Å²) >= 11 is 1.39. The van der Waals surface area contributed by atoms with Crippen LogP contribution in [-0.2, 0) is 11.0 Å². The number of halogens is 3. The molecule has 2 aromatic rings. The smallest absolute Gasteiger partial charge is 0.302 e. The molecule has 9 heteroatoms. The fraction of sp³-hybridized carbons (Fsp3) is 0.438. The Labute approximate surface area is 146 Å². The summed E-state index contributed by atoms with van der Waals surface area (Å²) < 4.78 is 37.8. The first-order valence-electron chi connectivity index (χ1n) is 7.90. The van der Waals surface area contributed by atoms with Gasteiger partial charge in [-0.2, -0.15) is 13.2 Å². The van der Waals surface area contributed by atoms with Gasteiger partial charge in [-0.25, -0.2) is 9.97 Å². The summed E-state index contributed by atoms with van der Waals surface area (Å²) in [5.74, 6) is 0.461. The summed E-state index contributed by atoms with van der Waals surface area (Å²) in [7, 11) is 0. The van der Waals surface area contributed by atoms with E-state index in [0.717, 1.165) is 18.0 Å². The Kier molecular flexibility index (Phi) is 4.94. The number of anilines is 2. The molecule has 0 aliphatic carbocycles. The second-order valence-electron chi connectivity index (χ2n) is 6.00. The van der Waals surface area contributed by atoms with Crippen molar-refractivity contribution in [3.05, 3.63) is 35.0 Å². The number of carbonyl (C=O) groups excluding carboxylic acids is 1. The molecule has 2 N–H and O–H groups in total. The summed E-state index contributed by atoms with van der Waals surface area (Å²) in [5.41, 5.74) is 0.164. The zero-order valence-corrected chi connectivity index (χ0v) is 14.4. The van der Waals surface area contributed by atoms with Crippen LogP contribution < -0.4 is 15.2 Å². The Balaban J connectivity index is 1.55. The maximum atomic E-state index is 12.6. The lowest BCUT2D eigenvalue weighted by Crippen LogP contribution is -2.40. The lowest BCUT2D eigenvalue weighted by molar-refractivity contribution is -0.367. The van der Waals surface area contributed by atoms with Crippen molar-refractivity contribution in [3.8, 4) is 0 Å². The third-order valence-corrected chi connectivity index (χ3v) is 5.05. The van der Waals surface area contributed by atoms with Gasteiger partial charge in [0.15, 0.2) is 5.13 Å². The average molecular weight is 371 g/mol. The monoisotopic (exact) mass is 371 g/mol. The number of pyridine rings is 1. The average Bonchev–Trinajstić information content (AvgIpc) is 2.99. The Morgan fingerprint density at radius 2 is 2.08 bits per heavy atom. The standard InChI is InChI=1S/C16H17F3N4OS/c1-10-9-25-15(21-10)22-14(24)11-4-6-23(7-5-11)13-3-2-12(8-20-13)16(17,18)19/h2-3,8-9,11H,4-7H2,1H3,(H,21,22,24)/p+1. The number of piperidine rings is 1.